The average molecular weight is 622 g/mol. The highest BCUT2D eigenvalue weighted by Crippen LogP contribution is 2.53. The molecule has 0 spiro atoms. The molecule has 0 fully saturated rings. The van der Waals surface area contributed by atoms with Crippen molar-refractivity contribution in [1.82, 2.24) is 0 Å². The summed E-state index contributed by atoms with van der Waals surface area (Å²) in [5, 5.41) is 0. The summed E-state index contributed by atoms with van der Waals surface area (Å²) in [6, 6.07) is 0. The third-order valence-electron chi connectivity index (χ3n) is 3.74. The highest BCUT2D eigenvalue weighted by Gasteiger charge is 2.77. The summed E-state index contributed by atoms with van der Waals surface area (Å²) in [5.41, 5.74) is 0. The lowest BCUT2D eigenvalue weighted by Gasteiger charge is -2.37. The average Bonchev–Trinajstić information content (AvgIpc) is 2.63. The Morgan fingerprint density at radius 1 is 0.568 bits per heavy atom. The van der Waals surface area contributed by atoms with Crippen LogP contribution in [0.5, 0.6) is 0 Å². The molecule has 0 rings (SSSR count). The Balaban J connectivity index is 6.18. The van der Waals surface area contributed by atoms with E-state index in [1.807, 2.05) is 13.2 Å². The number of ether oxygens (including phenoxy) is 3. The van der Waals surface area contributed by atoms with E-state index in [4.69, 9.17) is 0 Å². The molecule has 0 aromatic carbocycles. The molecule has 2 unspecified atom stereocenters. The first-order valence-corrected chi connectivity index (χ1v) is 11.5. The molecule has 0 heterocycles. The summed E-state index contributed by atoms with van der Waals surface area (Å²) in [6.07, 6.45) is -13.8. The van der Waals surface area contributed by atoms with Crippen molar-refractivity contribution in [3.8, 4) is 0 Å². The highest BCUT2D eigenvalue weighted by molar-refractivity contribution is 7.86. The Hall–Kier alpha value is -1.88. The minimum atomic E-state index is -6.91. The molecule has 0 aromatic heterocycles. The van der Waals surface area contributed by atoms with Crippen molar-refractivity contribution < 1.29 is 91.5 Å². The monoisotopic (exact) mass is 622 g/mol. The maximum absolute atomic E-state index is 14.2. The van der Waals surface area contributed by atoms with Gasteiger partial charge in [0, 0.05) is 0 Å². The van der Waals surface area contributed by atoms with E-state index in [1.165, 1.54) is 0 Å². The second kappa shape index (κ2) is 10.7. The van der Waals surface area contributed by atoms with Gasteiger partial charge >= 0.3 is 56.4 Å². The van der Waals surface area contributed by atoms with Gasteiger partial charge in [0.1, 0.15) is 11.5 Å². The van der Waals surface area contributed by atoms with Crippen LogP contribution in [-0.4, -0.2) is 77.5 Å². The summed E-state index contributed by atoms with van der Waals surface area (Å²) in [7, 11) is -11.5. The standard InChI is InChI=1S/C14H12F14O7S2/c1-7(9(15,16)11(19,13(21,22)23)33-3-5-36(27,29)30)35-8(2)10(17,18)12(20,14(24,25)26)34-4-6-37(28,31)32/h1-6H2. The van der Waals surface area contributed by atoms with E-state index in [1.54, 1.807) is 0 Å². The van der Waals surface area contributed by atoms with Crippen LogP contribution in [0.2, 0.25) is 0 Å². The largest absolute Gasteiger partial charge is 0.455 e. The lowest BCUT2D eigenvalue weighted by molar-refractivity contribution is -0.400. The first kappa shape index (κ1) is 35.1. The molecule has 0 radical (unpaired) electrons. The minimum absolute atomic E-state index is 1.90. The molecule has 0 aromatic rings. The number of halogens is 14. The van der Waals surface area contributed by atoms with Crippen molar-refractivity contribution in [2.75, 3.05) is 24.7 Å². The van der Waals surface area contributed by atoms with E-state index in [0.717, 1.165) is 0 Å². The van der Waals surface area contributed by atoms with E-state index >= 15 is 0 Å². The Morgan fingerprint density at radius 2 is 0.811 bits per heavy atom. The molecule has 0 bridgehead atoms. The first-order valence-electron chi connectivity index (χ1n) is 8.42. The molecule has 0 saturated heterocycles. The van der Waals surface area contributed by atoms with Crippen LogP contribution in [0.25, 0.3) is 0 Å². The van der Waals surface area contributed by atoms with Crippen molar-refractivity contribution >= 4 is 20.4 Å². The third-order valence-corrected chi connectivity index (χ3v) is 5.05. The molecule has 37 heavy (non-hydrogen) atoms. The summed E-state index contributed by atoms with van der Waals surface area (Å²) in [6.45, 7) is -0.774. The fourth-order valence-electron chi connectivity index (χ4n) is 1.90. The van der Waals surface area contributed by atoms with Crippen LogP contribution in [0.15, 0.2) is 24.7 Å². The topological polar surface area (TPSA) is 96.0 Å². The van der Waals surface area contributed by atoms with Gasteiger partial charge in [-0.05, 0) is 0 Å². The smallest absolute Gasteiger partial charge is 0.454 e. The van der Waals surface area contributed by atoms with Crippen LogP contribution in [0.4, 0.5) is 60.5 Å². The van der Waals surface area contributed by atoms with Crippen LogP contribution >= 0.6 is 0 Å². The van der Waals surface area contributed by atoms with Crippen LogP contribution < -0.4 is 0 Å². The fraction of sp³-hybridized carbons (Fsp3) is 0.714. The predicted octanol–water partition coefficient (Wildman–Crippen LogP) is 4.39. The predicted molar refractivity (Wildman–Crippen MR) is 90.7 cm³/mol. The molecule has 0 saturated carbocycles. The van der Waals surface area contributed by atoms with Gasteiger partial charge in [-0.3, -0.25) is 0 Å². The first-order chi connectivity index (χ1) is 16.0. The minimum Gasteiger partial charge on any atom is -0.454 e. The van der Waals surface area contributed by atoms with Gasteiger partial charge in [-0.25, -0.2) is 0 Å². The van der Waals surface area contributed by atoms with E-state index in [2.05, 4.69) is 14.2 Å². The molecular formula is C14H12F14O7S2. The van der Waals surface area contributed by atoms with Gasteiger partial charge < -0.3 is 14.2 Å². The van der Waals surface area contributed by atoms with Gasteiger partial charge in [0.25, 0.3) is 0 Å². The molecular weight excluding hydrogens is 610 g/mol. The molecule has 23 heteroatoms. The van der Waals surface area contributed by atoms with Gasteiger partial charge in [0.2, 0.25) is 0 Å². The van der Waals surface area contributed by atoms with Gasteiger partial charge in [-0.15, -0.1) is 7.77 Å². The molecule has 0 aliphatic carbocycles. The Kier molecular flexibility index (Phi) is 10.2. The maximum atomic E-state index is 14.2. The Bertz CT molecular complexity index is 983. The molecule has 220 valence electrons. The van der Waals surface area contributed by atoms with Gasteiger partial charge in [-0.1, -0.05) is 13.2 Å². The van der Waals surface area contributed by atoms with Crippen LogP contribution in [0, 0.1) is 0 Å². The van der Waals surface area contributed by atoms with Crippen molar-refractivity contribution in [2.45, 2.75) is 35.9 Å². The zero-order valence-electron chi connectivity index (χ0n) is 17.2. The van der Waals surface area contributed by atoms with Crippen LogP contribution in [0.3, 0.4) is 0 Å². The summed E-state index contributed by atoms with van der Waals surface area (Å²) in [4.78, 5) is 0. The lowest BCUT2D eigenvalue weighted by atomic mass is 10.1. The molecule has 0 N–H and O–H groups in total. The van der Waals surface area contributed by atoms with Crippen LogP contribution in [-0.2, 0) is 34.7 Å². The van der Waals surface area contributed by atoms with E-state index in [-0.39, 0.29) is 0 Å². The fourth-order valence-corrected chi connectivity index (χ4v) is 2.47. The maximum Gasteiger partial charge on any atom is 0.455 e. The van der Waals surface area contributed by atoms with Crippen molar-refractivity contribution in [1.29, 1.82) is 0 Å². The molecule has 0 aliphatic heterocycles. The Morgan fingerprint density at radius 3 is 1.00 bits per heavy atom. The summed E-state index contributed by atoms with van der Waals surface area (Å²) in [5.74, 6) is -36.4. The van der Waals surface area contributed by atoms with Crippen LogP contribution in [0.1, 0.15) is 0 Å². The summed E-state index contributed by atoms with van der Waals surface area (Å²) >= 11 is 0. The second-order valence-electron chi connectivity index (χ2n) is 6.47. The SMILES string of the molecule is C=C(OC(=C)C(F)(F)C(F)(OCCS(=O)(=O)F)C(F)(F)F)C(F)(F)C(F)(OCCS(=O)(=O)F)C(F)(F)F. The number of hydrogen-bond acceptors (Lipinski definition) is 7. The van der Waals surface area contributed by atoms with Gasteiger partial charge in [0.15, 0.2) is 11.5 Å². The molecule has 0 aliphatic rings. The van der Waals surface area contributed by atoms with Crippen molar-refractivity contribution in [3.63, 3.8) is 0 Å². The second-order valence-corrected chi connectivity index (χ2v) is 9.44. The molecule has 7 nitrogen and oxygen atoms in total. The number of rotatable bonds is 14. The number of alkyl halides is 12. The van der Waals surface area contributed by atoms with E-state index < -0.39 is 92.6 Å². The van der Waals surface area contributed by atoms with E-state index in [0.29, 0.717) is 0 Å². The Labute approximate surface area is 198 Å². The highest BCUT2D eigenvalue weighted by atomic mass is 32.3. The van der Waals surface area contributed by atoms with Gasteiger partial charge in [0.05, 0.1) is 13.2 Å². The van der Waals surface area contributed by atoms with Gasteiger partial charge in [-0.2, -0.15) is 69.5 Å². The molecule has 0 amide bonds. The molecule has 2 atom stereocenters. The van der Waals surface area contributed by atoms with Crippen molar-refractivity contribution in [3.05, 3.63) is 24.7 Å². The van der Waals surface area contributed by atoms with E-state index in [9.17, 15) is 77.3 Å². The third kappa shape index (κ3) is 8.05. The normalized spacial score (nSPS) is 17.6. The zero-order valence-corrected chi connectivity index (χ0v) is 18.8. The lowest BCUT2D eigenvalue weighted by Crippen LogP contribution is -2.60. The zero-order chi connectivity index (χ0) is 30.1. The summed E-state index contributed by atoms with van der Waals surface area (Å²) < 4.78 is 238. The number of hydrogen-bond donors (Lipinski definition) is 0. The van der Waals surface area contributed by atoms with Crippen molar-refractivity contribution in [2.24, 2.45) is 0 Å². The quantitative estimate of drug-likeness (QED) is 0.161.